The molecule has 0 atom stereocenters. The Balaban J connectivity index is 1.29. The van der Waals surface area contributed by atoms with Crippen LogP contribution in [0, 0.1) is 0 Å². The minimum atomic E-state index is -0.443. The van der Waals surface area contributed by atoms with Crippen LogP contribution in [0.15, 0.2) is 85.3 Å². The molecular formula is C22H17N9O. The number of nitrogens with one attached hydrogen (secondary N) is 3. The lowest BCUT2D eigenvalue weighted by Gasteiger charge is -2.13. The Morgan fingerprint density at radius 1 is 0.781 bits per heavy atom. The molecule has 10 heteroatoms. The number of benzene rings is 2. The van der Waals surface area contributed by atoms with Crippen LogP contribution in [0.4, 0.5) is 27.8 Å². The van der Waals surface area contributed by atoms with Crippen molar-refractivity contribution in [1.82, 2.24) is 29.8 Å². The summed E-state index contributed by atoms with van der Waals surface area (Å²) in [5, 5.41) is 21.2. The topological polar surface area (TPSA) is 122 Å². The fourth-order valence-electron chi connectivity index (χ4n) is 3.10. The van der Waals surface area contributed by atoms with Crippen LogP contribution >= 0.6 is 0 Å². The fourth-order valence-corrected chi connectivity index (χ4v) is 3.10. The number of fused-ring (bicyclic) bond motifs is 1. The first-order valence-corrected chi connectivity index (χ1v) is 9.74. The second kappa shape index (κ2) is 8.48. The molecule has 0 radical (unpaired) electrons. The summed E-state index contributed by atoms with van der Waals surface area (Å²) in [5.74, 6) is 1.46. The third kappa shape index (κ3) is 4.05. The standard InChI is InChI=1S/C22H17N9O/c32-22(28-19-11-10-16(29-30-19)15-6-2-1-3-7-15)27-18-9-5-4-8-17(18)26-20-12-13-23-21-24-14-25-31(20)21/h1-14,26H,(H2,27,28,30,32). The predicted molar refractivity (Wildman–Crippen MR) is 121 cm³/mol. The first-order valence-electron chi connectivity index (χ1n) is 9.74. The number of carbonyl (C=O) groups excluding carboxylic acids is 1. The Labute approximate surface area is 182 Å². The monoisotopic (exact) mass is 423 g/mol. The van der Waals surface area contributed by atoms with Gasteiger partial charge in [0.2, 0.25) is 0 Å². The van der Waals surface area contributed by atoms with E-state index in [2.05, 4.69) is 41.2 Å². The van der Waals surface area contributed by atoms with Crippen LogP contribution < -0.4 is 16.0 Å². The average molecular weight is 423 g/mol. The van der Waals surface area contributed by atoms with E-state index in [0.29, 0.717) is 28.8 Å². The molecule has 2 aromatic carbocycles. The zero-order valence-electron chi connectivity index (χ0n) is 16.7. The Kier molecular flexibility index (Phi) is 5.07. The Morgan fingerprint density at radius 3 is 2.41 bits per heavy atom. The molecule has 0 fully saturated rings. The van der Waals surface area contributed by atoms with Gasteiger partial charge in [-0.1, -0.05) is 42.5 Å². The van der Waals surface area contributed by atoms with Crippen LogP contribution in [0.1, 0.15) is 0 Å². The fraction of sp³-hybridized carbons (Fsp3) is 0. The number of para-hydroxylation sites is 2. The largest absolute Gasteiger partial charge is 0.338 e. The van der Waals surface area contributed by atoms with Crippen LogP contribution in [0.2, 0.25) is 0 Å². The third-order valence-electron chi connectivity index (χ3n) is 4.59. The van der Waals surface area contributed by atoms with Gasteiger partial charge in [-0.15, -0.1) is 10.2 Å². The number of urea groups is 1. The molecule has 10 nitrogen and oxygen atoms in total. The second-order valence-electron chi connectivity index (χ2n) is 6.72. The van der Waals surface area contributed by atoms with Crippen LogP contribution in [0.3, 0.4) is 0 Å². The molecule has 3 aromatic heterocycles. The van der Waals surface area contributed by atoms with E-state index in [4.69, 9.17) is 0 Å². The van der Waals surface area contributed by atoms with E-state index in [-0.39, 0.29) is 0 Å². The molecular weight excluding hydrogens is 406 g/mol. The van der Waals surface area contributed by atoms with Gasteiger partial charge in [-0.3, -0.25) is 5.32 Å². The van der Waals surface area contributed by atoms with Gasteiger partial charge in [-0.2, -0.15) is 14.6 Å². The van der Waals surface area contributed by atoms with Gasteiger partial charge in [0.15, 0.2) is 5.82 Å². The van der Waals surface area contributed by atoms with Crippen molar-refractivity contribution in [2.75, 3.05) is 16.0 Å². The minimum Gasteiger partial charge on any atom is -0.338 e. The van der Waals surface area contributed by atoms with Crippen molar-refractivity contribution in [3.8, 4) is 11.3 Å². The summed E-state index contributed by atoms with van der Waals surface area (Å²) in [6, 6.07) is 21.8. The SMILES string of the molecule is O=C(Nc1ccc(-c2ccccc2)nn1)Nc1ccccc1Nc1ccnc2ncnn12. The second-order valence-corrected chi connectivity index (χ2v) is 6.72. The number of carbonyl (C=O) groups is 1. The molecule has 0 aliphatic rings. The number of amides is 2. The van der Waals surface area contributed by atoms with Crippen LogP contribution in [0.5, 0.6) is 0 Å². The molecule has 0 aliphatic carbocycles. The molecule has 5 aromatic rings. The smallest absolute Gasteiger partial charge is 0.324 e. The zero-order valence-corrected chi connectivity index (χ0v) is 16.7. The van der Waals surface area contributed by atoms with Crippen molar-refractivity contribution in [1.29, 1.82) is 0 Å². The predicted octanol–water partition coefficient (Wildman–Crippen LogP) is 3.97. The maximum absolute atomic E-state index is 12.6. The number of rotatable bonds is 5. The van der Waals surface area contributed by atoms with Crippen molar-refractivity contribution in [2.45, 2.75) is 0 Å². The number of aromatic nitrogens is 6. The first-order chi connectivity index (χ1) is 15.8. The van der Waals surface area contributed by atoms with E-state index in [1.807, 2.05) is 48.5 Å². The number of anilines is 4. The molecule has 3 heterocycles. The third-order valence-corrected chi connectivity index (χ3v) is 4.59. The van der Waals surface area contributed by atoms with E-state index in [9.17, 15) is 4.79 Å². The van der Waals surface area contributed by atoms with E-state index < -0.39 is 6.03 Å². The summed E-state index contributed by atoms with van der Waals surface area (Å²) >= 11 is 0. The van der Waals surface area contributed by atoms with Crippen molar-refractivity contribution in [3.05, 3.63) is 85.3 Å². The maximum atomic E-state index is 12.6. The lowest BCUT2D eigenvalue weighted by Crippen LogP contribution is -2.21. The highest BCUT2D eigenvalue weighted by Gasteiger charge is 2.10. The molecule has 2 amide bonds. The van der Waals surface area contributed by atoms with Crippen molar-refractivity contribution < 1.29 is 4.79 Å². The molecule has 0 saturated heterocycles. The van der Waals surface area contributed by atoms with E-state index in [1.54, 1.807) is 35.0 Å². The lowest BCUT2D eigenvalue weighted by atomic mass is 10.1. The van der Waals surface area contributed by atoms with Gasteiger partial charge in [-0.25, -0.2) is 9.78 Å². The highest BCUT2D eigenvalue weighted by Crippen LogP contribution is 2.25. The van der Waals surface area contributed by atoms with Gasteiger partial charge >= 0.3 is 6.03 Å². The quantitative estimate of drug-likeness (QED) is 0.391. The molecule has 156 valence electrons. The lowest BCUT2D eigenvalue weighted by molar-refractivity contribution is 0.262. The van der Waals surface area contributed by atoms with Crippen molar-refractivity contribution >= 4 is 34.8 Å². The van der Waals surface area contributed by atoms with Gasteiger partial charge in [0, 0.05) is 11.8 Å². The van der Waals surface area contributed by atoms with Crippen LogP contribution in [-0.4, -0.2) is 35.8 Å². The summed E-state index contributed by atoms with van der Waals surface area (Å²) in [4.78, 5) is 20.8. The molecule has 0 spiro atoms. The van der Waals surface area contributed by atoms with Crippen molar-refractivity contribution in [2.24, 2.45) is 0 Å². The molecule has 32 heavy (non-hydrogen) atoms. The molecule has 5 rings (SSSR count). The van der Waals surface area contributed by atoms with Gasteiger partial charge in [-0.05, 0) is 30.3 Å². The molecule has 0 bridgehead atoms. The summed E-state index contributed by atoms with van der Waals surface area (Å²) < 4.78 is 1.57. The highest BCUT2D eigenvalue weighted by molar-refractivity contribution is 6.01. The molecule has 0 saturated carbocycles. The summed E-state index contributed by atoms with van der Waals surface area (Å²) in [7, 11) is 0. The normalized spacial score (nSPS) is 10.6. The van der Waals surface area contributed by atoms with E-state index >= 15 is 0 Å². The number of hydrogen-bond acceptors (Lipinski definition) is 7. The number of hydrogen-bond donors (Lipinski definition) is 3. The van der Waals surface area contributed by atoms with Gasteiger partial charge < -0.3 is 10.6 Å². The Hall–Kier alpha value is -4.86. The average Bonchev–Trinajstić information content (AvgIpc) is 3.31. The van der Waals surface area contributed by atoms with Crippen LogP contribution in [-0.2, 0) is 0 Å². The highest BCUT2D eigenvalue weighted by atomic mass is 16.2. The van der Waals surface area contributed by atoms with Gasteiger partial charge in [0.25, 0.3) is 5.78 Å². The Bertz CT molecular complexity index is 1370. The summed E-state index contributed by atoms with van der Waals surface area (Å²) in [5.41, 5.74) is 2.93. The Morgan fingerprint density at radius 2 is 1.59 bits per heavy atom. The van der Waals surface area contributed by atoms with Gasteiger partial charge in [0.1, 0.15) is 12.1 Å². The zero-order chi connectivity index (χ0) is 21.8. The summed E-state index contributed by atoms with van der Waals surface area (Å²) in [6.45, 7) is 0. The molecule has 3 N–H and O–H groups in total. The molecule has 0 aliphatic heterocycles. The molecule has 0 unspecified atom stereocenters. The maximum Gasteiger partial charge on any atom is 0.324 e. The van der Waals surface area contributed by atoms with Gasteiger partial charge in [0.05, 0.1) is 17.1 Å². The minimum absolute atomic E-state index is 0.339. The first kappa shape index (κ1) is 19.1. The van der Waals surface area contributed by atoms with E-state index in [1.165, 1.54) is 6.33 Å². The van der Waals surface area contributed by atoms with Crippen LogP contribution in [0.25, 0.3) is 17.0 Å². The van der Waals surface area contributed by atoms with Crippen molar-refractivity contribution in [3.63, 3.8) is 0 Å². The van der Waals surface area contributed by atoms with E-state index in [0.717, 1.165) is 11.3 Å². The summed E-state index contributed by atoms with van der Waals surface area (Å²) in [6.07, 6.45) is 3.06. The number of nitrogens with zero attached hydrogens (tertiary/aromatic N) is 6.